The number of pyridine rings is 1. The van der Waals surface area contributed by atoms with Crippen molar-refractivity contribution in [3.05, 3.63) is 64.7 Å². The van der Waals surface area contributed by atoms with Gasteiger partial charge >= 0.3 is 0 Å². The van der Waals surface area contributed by atoms with E-state index in [9.17, 15) is 9.18 Å². The van der Waals surface area contributed by atoms with Gasteiger partial charge < -0.3 is 0 Å². The van der Waals surface area contributed by atoms with Gasteiger partial charge in [-0.05, 0) is 56.6 Å². The molecule has 1 aromatic carbocycles. The number of amides is 1. The number of nitrogens with zero attached hydrogens (tertiary/aromatic N) is 3. The Balaban J connectivity index is 1.49. The van der Waals surface area contributed by atoms with E-state index in [2.05, 4.69) is 20.4 Å². The average molecular weight is 389 g/mol. The van der Waals surface area contributed by atoms with Gasteiger partial charge in [-0.15, -0.1) is 0 Å². The summed E-state index contributed by atoms with van der Waals surface area (Å²) < 4.78 is 13.1. The Labute approximate surface area is 163 Å². The van der Waals surface area contributed by atoms with Crippen LogP contribution < -0.4 is 5.43 Å². The molecule has 1 fully saturated rings. The molecule has 0 bridgehead atoms. The van der Waals surface area contributed by atoms with Crippen LogP contribution in [0, 0.1) is 11.7 Å². The van der Waals surface area contributed by atoms with Crippen LogP contribution in [-0.4, -0.2) is 34.6 Å². The molecule has 1 N–H and O–H groups in total. The Bertz CT molecular complexity index is 820. The van der Waals surface area contributed by atoms with Crippen molar-refractivity contribution in [2.45, 2.75) is 26.3 Å². The van der Waals surface area contributed by atoms with Crippen molar-refractivity contribution in [3.8, 4) is 0 Å². The molecular weight excluding hydrogens is 367 g/mol. The highest BCUT2D eigenvalue weighted by Crippen LogP contribution is 2.23. The molecule has 27 heavy (non-hydrogen) atoms. The van der Waals surface area contributed by atoms with Gasteiger partial charge in [0.2, 0.25) is 5.91 Å². The van der Waals surface area contributed by atoms with Crippen LogP contribution in [-0.2, 0) is 11.3 Å². The van der Waals surface area contributed by atoms with Crippen LogP contribution in [0.2, 0.25) is 5.02 Å². The molecule has 0 aliphatic carbocycles. The van der Waals surface area contributed by atoms with E-state index < -0.39 is 0 Å². The van der Waals surface area contributed by atoms with Gasteiger partial charge in [0.25, 0.3) is 0 Å². The molecule has 0 saturated carbocycles. The number of nitrogens with one attached hydrogen (secondary N) is 1. The number of carbonyl (C=O) groups is 1. The Morgan fingerprint density at radius 1 is 1.37 bits per heavy atom. The first-order chi connectivity index (χ1) is 13.0. The summed E-state index contributed by atoms with van der Waals surface area (Å²) in [7, 11) is 0. The van der Waals surface area contributed by atoms with Crippen LogP contribution in [0.25, 0.3) is 0 Å². The highest BCUT2D eigenvalue weighted by molar-refractivity contribution is 6.31. The number of hydrazone groups is 1. The van der Waals surface area contributed by atoms with Crippen molar-refractivity contribution < 1.29 is 9.18 Å². The fourth-order valence-electron chi connectivity index (χ4n) is 3.12. The average Bonchev–Trinajstić information content (AvgIpc) is 2.69. The summed E-state index contributed by atoms with van der Waals surface area (Å²) in [6.07, 6.45) is 4.92. The molecule has 2 heterocycles. The fraction of sp³-hybridized carbons (Fsp3) is 0.350. The van der Waals surface area contributed by atoms with Crippen LogP contribution >= 0.6 is 11.6 Å². The first-order valence-corrected chi connectivity index (χ1v) is 9.31. The van der Waals surface area contributed by atoms with Crippen molar-refractivity contribution in [2.75, 3.05) is 13.1 Å². The highest BCUT2D eigenvalue weighted by atomic mass is 35.5. The quantitative estimate of drug-likeness (QED) is 0.628. The first-order valence-electron chi connectivity index (χ1n) is 8.94. The third-order valence-electron chi connectivity index (χ3n) is 4.78. The molecule has 1 aromatic heterocycles. The number of carbonyl (C=O) groups excluding carboxylic acids is 1. The lowest BCUT2D eigenvalue weighted by atomic mass is 9.96. The van der Waals surface area contributed by atoms with Gasteiger partial charge in [0.1, 0.15) is 5.82 Å². The lowest BCUT2D eigenvalue weighted by Crippen LogP contribution is -2.39. The minimum atomic E-state index is -0.332. The number of aromatic nitrogens is 1. The van der Waals surface area contributed by atoms with Crippen molar-refractivity contribution >= 4 is 23.2 Å². The molecule has 2 aromatic rings. The number of hydrogen-bond donors (Lipinski definition) is 1. The van der Waals surface area contributed by atoms with Gasteiger partial charge in [0.05, 0.1) is 5.71 Å². The molecule has 142 valence electrons. The standard InChI is InChI=1S/C20H22ClFN4O/c1-14(16-3-2-8-23-12-16)24-25-20(27)15-6-9-26(10-7-15)13-17-4-5-18(22)11-19(17)21/h2-5,8,11-12,15H,6-7,9-10,13H2,1H3,(H,25,27)/b24-14+. The monoisotopic (exact) mass is 388 g/mol. The van der Waals surface area contributed by atoms with Gasteiger partial charge in [-0.25, -0.2) is 9.82 Å². The van der Waals surface area contributed by atoms with Crippen molar-refractivity contribution in [1.82, 2.24) is 15.3 Å². The Kier molecular flexibility index (Phi) is 6.53. The molecule has 7 heteroatoms. The topological polar surface area (TPSA) is 57.6 Å². The van der Waals surface area contributed by atoms with Gasteiger partial charge in [0.15, 0.2) is 0 Å². The Morgan fingerprint density at radius 2 is 2.15 bits per heavy atom. The molecular formula is C20H22ClFN4O. The molecule has 0 unspecified atom stereocenters. The number of halogens is 2. The number of likely N-dealkylation sites (tertiary alicyclic amines) is 1. The largest absolute Gasteiger partial charge is 0.299 e. The molecule has 1 amide bonds. The Morgan fingerprint density at radius 3 is 2.81 bits per heavy atom. The summed E-state index contributed by atoms with van der Waals surface area (Å²) in [6, 6.07) is 8.20. The molecule has 0 spiro atoms. The number of rotatable bonds is 5. The zero-order valence-electron chi connectivity index (χ0n) is 15.2. The van der Waals surface area contributed by atoms with Crippen LogP contribution in [0.15, 0.2) is 47.8 Å². The fourth-order valence-corrected chi connectivity index (χ4v) is 3.34. The third-order valence-corrected chi connectivity index (χ3v) is 5.13. The van der Waals surface area contributed by atoms with Crippen LogP contribution in [0.3, 0.4) is 0 Å². The highest BCUT2D eigenvalue weighted by Gasteiger charge is 2.25. The molecule has 0 atom stereocenters. The van der Waals surface area contributed by atoms with Crippen molar-refractivity contribution in [2.24, 2.45) is 11.0 Å². The molecule has 5 nitrogen and oxygen atoms in total. The Hall–Kier alpha value is -2.31. The third kappa shape index (κ3) is 5.34. The number of hydrogen-bond acceptors (Lipinski definition) is 4. The zero-order chi connectivity index (χ0) is 19.2. The van der Waals surface area contributed by atoms with E-state index in [1.165, 1.54) is 12.1 Å². The SMILES string of the molecule is C/C(=N\NC(=O)C1CCN(Cc2ccc(F)cc2Cl)CC1)c1cccnc1. The maximum absolute atomic E-state index is 13.1. The van der Waals surface area contributed by atoms with E-state index in [-0.39, 0.29) is 17.6 Å². The van der Waals surface area contributed by atoms with E-state index in [1.807, 2.05) is 19.1 Å². The molecule has 1 aliphatic heterocycles. The van der Waals surface area contributed by atoms with Crippen molar-refractivity contribution in [1.29, 1.82) is 0 Å². The summed E-state index contributed by atoms with van der Waals surface area (Å²) in [4.78, 5) is 18.7. The van der Waals surface area contributed by atoms with Gasteiger partial charge in [-0.3, -0.25) is 14.7 Å². The van der Waals surface area contributed by atoms with Crippen LogP contribution in [0.1, 0.15) is 30.9 Å². The number of piperidine rings is 1. The minimum absolute atomic E-state index is 0.0577. The lowest BCUT2D eigenvalue weighted by molar-refractivity contribution is -0.126. The smallest absolute Gasteiger partial charge is 0.243 e. The van der Waals surface area contributed by atoms with Gasteiger partial charge in [0, 0.05) is 35.4 Å². The summed E-state index contributed by atoms with van der Waals surface area (Å²) >= 11 is 6.10. The normalized spacial score (nSPS) is 16.3. The van der Waals surface area contributed by atoms with E-state index in [0.29, 0.717) is 11.6 Å². The number of benzene rings is 1. The molecule has 0 radical (unpaired) electrons. The second kappa shape index (κ2) is 9.06. The van der Waals surface area contributed by atoms with Gasteiger partial charge in [-0.2, -0.15) is 5.10 Å². The van der Waals surface area contributed by atoms with E-state index in [0.717, 1.165) is 42.8 Å². The summed E-state index contributed by atoms with van der Waals surface area (Å²) in [5, 5.41) is 4.63. The second-order valence-electron chi connectivity index (χ2n) is 6.70. The second-order valence-corrected chi connectivity index (χ2v) is 7.11. The zero-order valence-corrected chi connectivity index (χ0v) is 15.9. The maximum Gasteiger partial charge on any atom is 0.243 e. The van der Waals surface area contributed by atoms with Crippen LogP contribution in [0.4, 0.5) is 4.39 Å². The van der Waals surface area contributed by atoms with Crippen molar-refractivity contribution in [3.63, 3.8) is 0 Å². The lowest BCUT2D eigenvalue weighted by Gasteiger charge is -2.31. The summed E-state index contributed by atoms with van der Waals surface area (Å²) in [6.45, 7) is 4.08. The first kappa shape index (κ1) is 19.5. The predicted octanol–water partition coefficient (Wildman–Crippen LogP) is 3.63. The van der Waals surface area contributed by atoms with Crippen LogP contribution in [0.5, 0.6) is 0 Å². The maximum atomic E-state index is 13.1. The molecule has 1 aliphatic rings. The molecule has 1 saturated heterocycles. The summed E-state index contributed by atoms with van der Waals surface area (Å²) in [5.41, 5.74) is 5.17. The molecule has 3 rings (SSSR count). The van der Waals surface area contributed by atoms with E-state index in [4.69, 9.17) is 11.6 Å². The summed E-state index contributed by atoms with van der Waals surface area (Å²) in [5.74, 6) is -0.450. The van der Waals surface area contributed by atoms with Gasteiger partial charge in [-0.1, -0.05) is 23.7 Å². The predicted molar refractivity (Wildman–Crippen MR) is 104 cm³/mol. The van der Waals surface area contributed by atoms with E-state index >= 15 is 0 Å². The van der Waals surface area contributed by atoms with E-state index in [1.54, 1.807) is 18.5 Å². The minimum Gasteiger partial charge on any atom is -0.299 e.